The molecule has 0 radical (unpaired) electrons. The summed E-state index contributed by atoms with van der Waals surface area (Å²) in [5.74, 6) is 1.37. The number of benzene rings is 1. The average Bonchev–Trinajstić information content (AvgIpc) is 2.83. The van der Waals surface area contributed by atoms with Crippen LogP contribution in [0.15, 0.2) is 17.1 Å². The minimum Gasteiger partial charge on any atom is -0.495 e. The molecule has 0 saturated carbocycles. The number of fused-ring (bicyclic) bond motifs is 1. The van der Waals surface area contributed by atoms with E-state index >= 15 is 0 Å². The van der Waals surface area contributed by atoms with E-state index in [0.717, 1.165) is 21.7 Å². The Morgan fingerprint density at radius 2 is 1.82 bits per heavy atom. The van der Waals surface area contributed by atoms with Gasteiger partial charge in [-0.15, -0.1) is 0 Å². The maximum Gasteiger partial charge on any atom is 0.253 e. The van der Waals surface area contributed by atoms with Crippen molar-refractivity contribution in [3.63, 3.8) is 0 Å². The van der Waals surface area contributed by atoms with Crippen LogP contribution in [0.2, 0.25) is 0 Å². The maximum absolute atomic E-state index is 12.3. The van der Waals surface area contributed by atoms with Gasteiger partial charge in [0.15, 0.2) is 4.80 Å². The van der Waals surface area contributed by atoms with E-state index in [0.29, 0.717) is 11.3 Å². The largest absolute Gasteiger partial charge is 0.495 e. The maximum atomic E-state index is 12.3. The fraction of sp³-hybridized carbons (Fsp3) is 0.500. The Labute approximate surface area is 134 Å². The topological polar surface area (TPSA) is 52.8 Å². The lowest BCUT2D eigenvalue weighted by atomic mass is 9.96. The molecule has 1 heterocycles. The second kappa shape index (κ2) is 6.12. The molecule has 0 N–H and O–H groups in total. The van der Waals surface area contributed by atoms with Crippen LogP contribution in [0.4, 0.5) is 0 Å². The summed E-state index contributed by atoms with van der Waals surface area (Å²) < 4.78 is 13.8. The standard InChI is InChI=1S/C16H22N2O3S/c1-7-18-12-10(20-5)8-9-11(21-6)13(12)22-15(18)17-14(19)16(2,3)4/h8-9H,7H2,1-6H3. The molecule has 2 aromatic rings. The van der Waals surface area contributed by atoms with Gasteiger partial charge in [0.1, 0.15) is 21.7 Å². The number of carbonyl (C=O) groups is 1. The monoisotopic (exact) mass is 322 g/mol. The number of aryl methyl sites for hydroxylation is 1. The van der Waals surface area contributed by atoms with Gasteiger partial charge in [-0.05, 0) is 19.1 Å². The van der Waals surface area contributed by atoms with Gasteiger partial charge in [-0.3, -0.25) is 4.79 Å². The third-order valence-electron chi connectivity index (χ3n) is 3.35. The van der Waals surface area contributed by atoms with Gasteiger partial charge in [-0.2, -0.15) is 4.99 Å². The molecule has 22 heavy (non-hydrogen) atoms. The molecule has 0 bridgehead atoms. The third kappa shape index (κ3) is 2.88. The van der Waals surface area contributed by atoms with Crippen molar-refractivity contribution in [2.24, 2.45) is 10.4 Å². The van der Waals surface area contributed by atoms with Crippen molar-refractivity contribution < 1.29 is 14.3 Å². The number of nitrogens with zero attached hydrogens (tertiary/aromatic N) is 2. The highest BCUT2D eigenvalue weighted by atomic mass is 32.1. The van der Waals surface area contributed by atoms with Crippen molar-refractivity contribution >= 4 is 27.5 Å². The van der Waals surface area contributed by atoms with Gasteiger partial charge in [-0.25, -0.2) is 0 Å². The summed E-state index contributed by atoms with van der Waals surface area (Å²) in [5, 5.41) is 0. The quantitative estimate of drug-likeness (QED) is 0.872. The minimum absolute atomic E-state index is 0.140. The van der Waals surface area contributed by atoms with Crippen LogP contribution in [0.25, 0.3) is 10.2 Å². The average molecular weight is 322 g/mol. The van der Waals surface area contributed by atoms with Gasteiger partial charge < -0.3 is 14.0 Å². The Bertz CT molecular complexity index is 766. The Kier molecular flexibility index (Phi) is 4.60. The summed E-state index contributed by atoms with van der Waals surface area (Å²) in [4.78, 5) is 17.2. The van der Waals surface area contributed by atoms with Crippen LogP contribution in [0, 0.1) is 5.41 Å². The summed E-state index contributed by atoms with van der Waals surface area (Å²) in [6.45, 7) is 8.31. The van der Waals surface area contributed by atoms with Gasteiger partial charge in [-0.1, -0.05) is 32.1 Å². The smallest absolute Gasteiger partial charge is 0.253 e. The first-order chi connectivity index (χ1) is 10.3. The number of hydrogen-bond acceptors (Lipinski definition) is 4. The Hall–Kier alpha value is -1.82. The molecule has 0 unspecified atom stereocenters. The summed E-state index contributed by atoms with van der Waals surface area (Å²) in [6.07, 6.45) is 0. The summed E-state index contributed by atoms with van der Waals surface area (Å²) in [5.41, 5.74) is 0.408. The number of aromatic nitrogens is 1. The SMILES string of the molecule is CCn1c(=NC(=O)C(C)(C)C)sc2c(OC)ccc(OC)c21. The minimum atomic E-state index is -0.504. The molecular formula is C16H22N2O3S. The van der Waals surface area contributed by atoms with Crippen LogP contribution in [0.1, 0.15) is 27.7 Å². The van der Waals surface area contributed by atoms with E-state index in [-0.39, 0.29) is 5.91 Å². The fourth-order valence-corrected chi connectivity index (χ4v) is 3.29. The van der Waals surface area contributed by atoms with Crippen molar-refractivity contribution in [2.45, 2.75) is 34.2 Å². The molecule has 1 amide bonds. The Morgan fingerprint density at radius 1 is 1.23 bits per heavy atom. The van der Waals surface area contributed by atoms with Crippen LogP contribution in [-0.2, 0) is 11.3 Å². The molecule has 2 rings (SSSR count). The zero-order chi connectivity index (χ0) is 16.5. The van der Waals surface area contributed by atoms with E-state index < -0.39 is 5.41 Å². The number of thiazole rings is 1. The van der Waals surface area contributed by atoms with Crippen molar-refractivity contribution in [3.8, 4) is 11.5 Å². The van der Waals surface area contributed by atoms with Crippen molar-refractivity contribution in [2.75, 3.05) is 14.2 Å². The second-order valence-corrected chi connectivity index (χ2v) is 6.92. The first kappa shape index (κ1) is 16.5. The van der Waals surface area contributed by atoms with Gasteiger partial charge in [0, 0.05) is 12.0 Å². The van der Waals surface area contributed by atoms with E-state index in [2.05, 4.69) is 4.99 Å². The van der Waals surface area contributed by atoms with Crippen LogP contribution in [0.5, 0.6) is 11.5 Å². The first-order valence-electron chi connectivity index (χ1n) is 7.17. The van der Waals surface area contributed by atoms with Gasteiger partial charge in [0.2, 0.25) is 0 Å². The molecular weight excluding hydrogens is 300 g/mol. The van der Waals surface area contributed by atoms with Crippen molar-refractivity contribution in [3.05, 3.63) is 16.9 Å². The molecule has 0 aliphatic carbocycles. The highest BCUT2D eigenvalue weighted by Crippen LogP contribution is 2.35. The zero-order valence-electron chi connectivity index (χ0n) is 13.9. The molecule has 0 saturated heterocycles. The van der Waals surface area contributed by atoms with Crippen molar-refractivity contribution in [1.82, 2.24) is 4.57 Å². The van der Waals surface area contributed by atoms with Crippen LogP contribution >= 0.6 is 11.3 Å². The molecule has 5 nitrogen and oxygen atoms in total. The predicted octanol–water partition coefficient (Wildman–Crippen LogP) is 3.21. The number of methoxy groups -OCH3 is 2. The lowest BCUT2D eigenvalue weighted by Crippen LogP contribution is -2.23. The molecule has 120 valence electrons. The fourth-order valence-electron chi connectivity index (χ4n) is 2.09. The second-order valence-electron chi connectivity index (χ2n) is 5.94. The predicted molar refractivity (Wildman–Crippen MR) is 88.6 cm³/mol. The lowest BCUT2D eigenvalue weighted by Gasteiger charge is -2.12. The molecule has 0 spiro atoms. The molecule has 0 aliphatic rings. The molecule has 0 atom stereocenters. The highest BCUT2D eigenvalue weighted by molar-refractivity contribution is 7.16. The zero-order valence-corrected chi connectivity index (χ0v) is 14.7. The lowest BCUT2D eigenvalue weighted by molar-refractivity contribution is -0.125. The van der Waals surface area contributed by atoms with Crippen LogP contribution < -0.4 is 14.3 Å². The van der Waals surface area contributed by atoms with E-state index in [9.17, 15) is 4.79 Å². The number of carbonyl (C=O) groups excluding carboxylic acids is 1. The number of ether oxygens (including phenoxy) is 2. The molecule has 6 heteroatoms. The molecule has 1 aromatic heterocycles. The van der Waals surface area contributed by atoms with Gasteiger partial charge in [0.25, 0.3) is 5.91 Å². The van der Waals surface area contributed by atoms with Gasteiger partial charge >= 0.3 is 0 Å². The first-order valence-corrected chi connectivity index (χ1v) is 7.98. The third-order valence-corrected chi connectivity index (χ3v) is 4.44. The van der Waals surface area contributed by atoms with E-state index in [1.165, 1.54) is 11.3 Å². The number of amides is 1. The van der Waals surface area contributed by atoms with E-state index in [4.69, 9.17) is 9.47 Å². The van der Waals surface area contributed by atoms with Crippen molar-refractivity contribution in [1.29, 1.82) is 0 Å². The summed E-state index contributed by atoms with van der Waals surface area (Å²) in [6, 6.07) is 3.74. The summed E-state index contributed by atoms with van der Waals surface area (Å²) >= 11 is 1.44. The van der Waals surface area contributed by atoms with Crippen LogP contribution in [0.3, 0.4) is 0 Å². The van der Waals surface area contributed by atoms with E-state index in [1.807, 2.05) is 44.4 Å². The van der Waals surface area contributed by atoms with E-state index in [1.54, 1.807) is 14.2 Å². The van der Waals surface area contributed by atoms with Crippen LogP contribution in [-0.4, -0.2) is 24.7 Å². The Morgan fingerprint density at radius 3 is 2.32 bits per heavy atom. The van der Waals surface area contributed by atoms with Gasteiger partial charge in [0.05, 0.1) is 14.2 Å². The summed E-state index contributed by atoms with van der Waals surface area (Å²) in [7, 11) is 3.27. The highest BCUT2D eigenvalue weighted by Gasteiger charge is 2.22. The Balaban J connectivity index is 2.82. The molecule has 0 fully saturated rings. The number of hydrogen-bond donors (Lipinski definition) is 0. The normalized spacial score (nSPS) is 12.7. The molecule has 0 aliphatic heterocycles. The number of rotatable bonds is 3. The molecule has 1 aromatic carbocycles.